The van der Waals surface area contributed by atoms with Crippen LogP contribution in [0.25, 0.3) is 0 Å². The van der Waals surface area contributed by atoms with Crippen LogP contribution in [0, 0.1) is 11.3 Å². The fourth-order valence-electron chi connectivity index (χ4n) is 2.42. The number of carbonyl (C=O) groups excluding carboxylic acids is 1. The molecule has 0 aromatic rings. The van der Waals surface area contributed by atoms with Crippen LogP contribution in [0.2, 0.25) is 0 Å². The molecule has 0 aromatic heterocycles. The largest absolute Gasteiger partial charge is 0.469 e. The first kappa shape index (κ1) is 12.5. The maximum Gasteiger partial charge on any atom is 0.310 e. The summed E-state index contributed by atoms with van der Waals surface area (Å²) >= 11 is 0. The smallest absolute Gasteiger partial charge is 0.310 e. The third kappa shape index (κ3) is 2.94. The van der Waals surface area contributed by atoms with Gasteiger partial charge < -0.3 is 10.1 Å². The second-order valence-electron chi connectivity index (χ2n) is 4.82. The van der Waals surface area contributed by atoms with E-state index in [0.717, 1.165) is 19.5 Å². The summed E-state index contributed by atoms with van der Waals surface area (Å²) < 4.78 is 4.86. The molecule has 1 heterocycles. The van der Waals surface area contributed by atoms with Crippen molar-refractivity contribution in [2.24, 2.45) is 11.3 Å². The van der Waals surface area contributed by atoms with E-state index in [1.54, 1.807) is 0 Å². The van der Waals surface area contributed by atoms with E-state index in [-0.39, 0.29) is 17.3 Å². The van der Waals surface area contributed by atoms with Gasteiger partial charge in [-0.25, -0.2) is 0 Å². The molecule has 0 radical (unpaired) electrons. The summed E-state index contributed by atoms with van der Waals surface area (Å²) in [5, 5.41) is 3.30. The number of rotatable bonds is 5. The van der Waals surface area contributed by atoms with Crippen LogP contribution < -0.4 is 5.32 Å². The van der Waals surface area contributed by atoms with Gasteiger partial charge in [-0.05, 0) is 11.8 Å². The third-order valence-corrected chi connectivity index (χ3v) is 3.56. The lowest BCUT2D eigenvalue weighted by molar-refractivity contribution is -0.148. The Kier molecular flexibility index (Phi) is 4.58. The van der Waals surface area contributed by atoms with Gasteiger partial charge in [-0.3, -0.25) is 4.79 Å². The molecule has 0 amide bonds. The monoisotopic (exact) mass is 213 g/mol. The number of hydrogen-bond acceptors (Lipinski definition) is 3. The number of carbonyl (C=O) groups is 1. The molecule has 1 aliphatic rings. The van der Waals surface area contributed by atoms with E-state index in [9.17, 15) is 4.79 Å². The number of methoxy groups -OCH3 is 1. The number of hydrogen-bond donors (Lipinski definition) is 1. The number of ether oxygens (including phenoxy) is 1. The van der Waals surface area contributed by atoms with Gasteiger partial charge in [0.05, 0.1) is 13.0 Å². The summed E-state index contributed by atoms with van der Waals surface area (Å²) in [6.07, 6.45) is 4.81. The summed E-state index contributed by atoms with van der Waals surface area (Å²) in [7, 11) is 1.48. The first-order valence-corrected chi connectivity index (χ1v) is 5.92. The Labute approximate surface area is 92.6 Å². The fraction of sp³-hybridized carbons (Fsp3) is 0.917. The minimum atomic E-state index is -0.0565. The molecule has 0 aliphatic carbocycles. The Morgan fingerprint density at radius 1 is 1.53 bits per heavy atom. The topological polar surface area (TPSA) is 38.3 Å². The maximum absolute atomic E-state index is 11.6. The molecule has 1 N–H and O–H groups in total. The summed E-state index contributed by atoms with van der Waals surface area (Å²) in [5.41, 5.74) is 0.0995. The molecule has 2 unspecified atom stereocenters. The van der Waals surface area contributed by atoms with Gasteiger partial charge in [0.25, 0.3) is 0 Å². The van der Waals surface area contributed by atoms with Gasteiger partial charge in [-0.2, -0.15) is 0 Å². The van der Waals surface area contributed by atoms with Gasteiger partial charge in [0, 0.05) is 13.1 Å². The standard InChI is InChI=1S/C12H23NO2/c1-4-5-6-7-12(2)9-13-8-10(12)11(14)15-3/h10,13H,4-9H2,1-3H3. The van der Waals surface area contributed by atoms with Crippen molar-refractivity contribution in [2.75, 3.05) is 20.2 Å². The Morgan fingerprint density at radius 3 is 2.87 bits per heavy atom. The molecule has 2 atom stereocenters. The maximum atomic E-state index is 11.6. The molecule has 1 fully saturated rings. The first-order valence-electron chi connectivity index (χ1n) is 5.92. The van der Waals surface area contributed by atoms with E-state index >= 15 is 0 Å². The van der Waals surface area contributed by atoms with Crippen molar-refractivity contribution >= 4 is 5.97 Å². The zero-order chi connectivity index (χ0) is 11.3. The first-order chi connectivity index (χ1) is 7.14. The van der Waals surface area contributed by atoms with Crippen molar-refractivity contribution in [1.82, 2.24) is 5.32 Å². The molecule has 0 aromatic carbocycles. The number of unbranched alkanes of at least 4 members (excludes halogenated alkanes) is 2. The SMILES string of the molecule is CCCCCC1(C)CNCC1C(=O)OC. The van der Waals surface area contributed by atoms with Gasteiger partial charge in [0.15, 0.2) is 0 Å². The van der Waals surface area contributed by atoms with Crippen LogP contribution >= 0.6 is 0 Å². The van der Waals surface area contributed by atoms with Crippen molar-refractivity contribution < 1.29 is 9.53 Å². The van der Waals surface area contributed by atoms with Crippen LogP contribution in [0.5, 0.6) is 0 Å². The lowest BCUT2D eigenvalue weighted by Crippen LogP contribution is -2.33. The molecular weight excluding hydrogens is 190 g/mol. The molecule has 3 nitrogen and oxygen atoms in total. The Balaban J connectivity index is 2.52. The van der Waals surface area contributed by atoms with Gasteiger partial charge in [0.1, 0.15) is 0 Å². The average Bonchev–Trinajstić information content (AvgIpc) is 2.60. The minimum Gasteiger partial charge on any atom is -0.469 e. The lowest BCUT2D eigenvalue weighted by Gasteiger charge is -2.28. The molecule has 1 saturated heterocycles. The van der Waals surface area contributed by atoms with E-state index in [2.05, 4.69) is 19.2 Å². The van der Waals surface area contributed by atoms with Gasteiger partial charge in [-0.15, -0.1) is 0 Å². The summed E-state index contributed by atoms with van der Waals surface area (Å²) in [6, 6.07) is 0. The van der Waals surface area contributed by atoms with Crippen LogP contribution in [-0.2, 0) is 9.53 Å². The van der Waals surface area contributed by atoms with Gasteiger partial charge >= 0.3 is 5.97 Å². The Morgan fingerprint density at radius 2 is 2.27 bits per heavy atom. The lowest BCUT2D eigenvalue weighted by atomic mass is 9.76. The third-order valence-electron chi connectivity index (χ3n) is 3.56. The highest BCUT2D eigenvalue weighted by Gasteiger charge is 2.43. The van der Waals surface area contributed by atoms with Crippen molar-refractivity contribution in [3.05, 3.63) is 0 Å². The normalized spacial score (nSPS) is 30.5. The van der Waals surface area contributed by atoms with Crippen LogP contribution in [0.15, 0.2) is 0 Å². The predicted octanol–water partition coefficient (Wildman–Crippen LogP) is 1.97. The number of esters is 1. The summed E-state index contributed by atoms with van der Waals surface area (Å²) in [4.78, 5) is 11.6. The molecule has 88 valence electrons. The molecule has 0 saturated carbocycles. The van der Waals surface area contributed by atoms with Crippen molar-refractivity contribution in [2.45, 2.75) is 39.5 Å². The summed E-state index contributed by atoms with van der Waals surface area (Å²) in [5.74, 6) is -0.0154. The average molecular weight is 213 g/mol. The number of nitrogens with one attached hydrogen (secondary N) is 1. The fourth-order valence-corrected chi connectivity index (χ4v) is 2.42. The quantitative estimate of drug-likeness (QED) is 0.560. The van der Waals surface area contributed by atoms with Crippen molar-refractivity contribution in [1.29, 1.82) is 0 Å². The van der Waals surface area contributed by atoms with Crippen LogP contribution in [0.4, 0.5) is 0 Å². The predicted molar refractivity (Wildman–Crippen MR) is 60.6 cm³/mol. The van der Waals surface area contributed by atoms with Crippen LogP contribution in [0.3, 0.4) is 0 Å². The molecular formula is C12H23NO2. The molecule has 0 bridgehead atoms. The van der Waals surface area contributed by atoms with Crippen LogP contribution in [-0.4, -0.2) is 26.2 Å². The zero-order valence-electron chi connectivity index (χ0n) is 10.1. The molecule has 15 heavy (non-hydrogen) atoms. The second kappa shape index (κ2) is 5.50. The highest BCUT2D eigenvalue weighted by molar-refractivity contribution is 5.74. The van der Waals surface area contributed by atoms with E-state index in [1.807, 2.05) is 0 Å². The molecule has 0 spiro atoms. The Bertz CT molecular complexity index is 218. The summed E-state index contributed by atoms with van der Waals surface area (Å²) in [6.45, 7) is 6.11. The molecule has 1 aliphatic heterocycles. The minimum absolute atomic E-state index is 0.0411. The second-order valence-corrected chi connectivity index (χ2v) is 4.82. The van der Waals surface area contributed by atoms with Gasteiger partial charge in [-0.1, -0.05) is 33.1 Å². The van der Waals surface area contributed by atoms with Crippen molar-refractivity contribution in [3.63, 3.8) is 0 Å². The van der Waals surface area contributed by atoms with Crippen molar-refractivity contribution in [3.8, 4) is 0 Å². The highest BCUT2D eigenvalue weighted by Crippen LogP contribution is 2.36. The van der Waals surface area contributed by atoms with E-state index < -0.39 is 0 Å². The Hall–Kier alpha value is -0.570. The zero-order valence-corrected chi connectivity index (χ0v) is 10.1. The highest BCUT2D eigenvalue weighted by atomic mass is 16.5. The van der Waals surface area contributed by atoms with E-state index in [4.69, 9.17) is 4.74 Å². The van der Waals surface area contributed by atoms with E-state index in [0.29, 0.717) is 0 Å². The molecule has 3 heteroatoms. The molecule has 1 rings (SSSR count). The van der Waals surface area contributed by atoms with Gasteiger partial charge in [0.2, 0.25) is 0 Å². The van der Waals surface area contributed by atoms with Crippen LogP contribution in [0.1, 0.15) is 39.5 Å². The van der Waals surface area contributed by atoms with E-state index in [1.165, 1.54) is 26.4 Å².